The van der Waals surface area contributed by atoms with Gasteiger partial charge in [-0.1, -0.05) is 13.3 Å². The molecular weight excluding hydrogens is 168 g/mol. The molecule has 13 heavy (non-hydrogen) atoms. The van der Waals surface area contributed by atoms with Crippen LogP contribution >= 0.6 is 0 Å². The summed E-state index contributed by atoms with van der Waals surface area (Å²) in [5.41, 5.74) is -0.940. The monoisotopic (exact) mass is 186 g/mol. The number of hydrogen-bond donors (Lipinski definition) is 0. The van der Waals surface area contributed by atoms with Crippen LogP contribution < -0.4 is 0 Å². The number of rotatable bonds is 5. The predicted octanol–water partition coefficient (Wildman–Crippen LogP) is 1.94. The fourth-order valence-electron chi connectivity index (χ4n) is 1.21. The molecule has 76 valence electrons. The van der Waals surface area contributed by atoms with Crippen LogP contribution in [0.5, 0.6) is 0 Å². The number of carbonyl (C=O) groups excluding carboxylic acids is 2. The van der Waals surface area contributed by atoms with E-state index in [1.807, 2.05) is 6.92 Å². The van der Waals surface area contributed by atoms with Crippen molar-refractivity contribution in [3.8, 4) is 0 Å². The van der Waals surface area contributed by atoms with Crippen molar-refractivity contribution in [2.75, 3.05) is 6.61 Å². The highest BCUT2D eigenvalue weighted by molar-refractivity contribution is 6.02. The SMILES string of the molecule is CCCC(C)(C(C)=O)C(=O)OCC. The van der Waals surface area contributed by atoms with E-state index in [9.17, 15) is 9.59 Å². The second-order valence-corrected chi connectivity index (χ2v) is 3.36. The quantitative estimate of drug-likeness (QED) is 0.487. The third-order valence-electron chi connectivity index (χ3n) is 2.25. The first-order chi connectivity index (χ1) is 5.99. The largest absolute Gasteiger partial charge is 0.465 e. The zero-order valence-corrected chi connectivity index (χ0v) is 8.85. The summed E-state index contributed by atoms with van der Waals surface area (Å²) in [6, 6.07) is 0. The van der Waals surface area contributed by atoms with E-state index < -0.39 is 11.4 Å². The van der Waals surface area contributed by atoms with Gasteiger partial charge in [0, 0.05) is 0 Å². The van der Waals surface area contributed by atoms with Crippen molar-refractivity contribution >= 4 is 11.8 Å². The predicted molar refractivity (Wildman–Crippen MR) is 50.3 cm³/mol. The molecule has 0 heterocycles. The summed E-state index contributed by atoms with van der Waals surface area (Å²) < 4.78 is 4.86. The normalized spacial score (nSPS) is 14.8. The van der Waals surface area contributed by atoms with Gasteiger partial charge in [0.25, 0.3) is 0 Å². The summed E-state index contributed by atoms with van der Waals surface area (Å²) in [5.74, 6) is -0.517. The Hall–Kier alpha value is -0.860. The van der Waals surface area contributed by atoms with Crippen molar-refractivity contribution in [1.82, 2.24) is 0 Å². The maximum absolute atomic E-state index is 11.5. The van der Waals surface area contributed by atoms with Gasteiger partial charge in [0.15, 0.2) is 0 Å². The van der Waals surface area contributed by atoms with Crippen molar-refractivity contribution in [2.24, 2.45) is 5.41 Å². The minimum atomic E-state index is -0.940. The van der Waals surface area contributed by atoms with E-state index in [4.69, 9.17) is 4.74 Å². The van der Waals surface area contributed by atoms with Gasteiger partial charge in [-0.05, 0) is 27.2 Å². The lowest BCUT2D eigenvalue weighted by molar-refractivity contribution is -0.158. The Morgan fingerprint density at radius 2 is 1.85 bits per heavy atom. The second-order valence-electron chi connectivity index (χ2n) is 3.36. The Kier molecular flexibility index (Phi) is 4.67. The van der Waals surface area contributed by atoms with Crippen LogP contribution in [-0.4, -0.2) is 18.4 Å². The number of hydrogen-bond acceptors (Lipinski definition) is 3. The van der Waals surface area contributed by atoms with E-state index in [0.717, 1.165) is 6.42 Å². The molecule has 0 aromatic heterocycles. The fraction of sp³-hybridized carbons (Fsp3) is 0.800. The van der Waals surface area contributed by atoms with Gasteiger partial charge in [-0.15, -0.1) is 0 Å². The van der Waals surface area contributed by atoms with E-state index in [2.05, 4.69) is 0 Å². The van der Waals surface area contributed by atoms with E-state index in [1.54, 1.807) is 13.8 Å². The molecule has 3 heteroatoms. The lowest BCUT2D eigenvalue weighted by Gasteiger charge is -2.23. The van der Waals surface area contributed by atoms with E-state index in [-0.39, 0.29) is 5.78 Å². The van der Waals surface area contributed by atoms with Crippen LogP contribution in [0.2, 0.25) is 0 Å². The first-order valence-electron chi connectivity index (χ1n) is 4.67. The Labute approximate surface area is 79.5 Å². The molecular formula is C10H18O3. The first-order valence-corrected chi connectivity index (χ1v) is 4.67. The van der Waals surface area contributed by atoms with Gasteiger partial charge in [-0.2, -0.15) is 0 Å². The van der Waals surface area contributed by atoms with Crippen LogP contribution in [0, 0.1) is 5.41 Å². The summed E-state index contributed by atoms with van der Waals surface area (Å²) in [6.07, 6.45) is 1.36. The lowest BCUT2D eigenvalue weighted by atomic mass is 9.82. The van der Waals surface area contributed by atoms with E-state index >= 15 is 0 Å². The molecule has 0 radical (unpaired) electrons. The van der Waals surface area contributed by atoms with Crippen molar-refractivity contribution in [1.29, 1.82) is 0 Å². The van der Waals surface area contributed by atoms with Gasteiger partial charge in [-0.25, -0.2) is 0 Å². The maximum Gasteiger partial charge on any atom is 0.319 e. The van der Waals surface area contributed by atoms with Crippen LogP contribution in [-0.2, 0) is 14.3 Å². The molecule has 0 aromatic carbocycles. The molecule has 0 rings (SSSR count). The molecule has 0 bridgehead atoms. The molecule has 3 nitrogen and oxygen atoms in total. The standard InChI is InChI=1S/C10H18O3/c1-5-7-10(4,8(3)11)9(12)13-6-2/h5-7H2,1-4H3. The Balaban J connectivity index is 4.57. The molecule has 1 unspecified atom stereocenters. The minimum absolute atomic E-state index is 0.118. The van der Waals surface area contributed by atoms with Crippen LogP contribution in [0.15, 0.2) is 0 Å². The van der Waals surface area contributed by atoms with Crippen LogP contribution in [0.25, 0.3) is 0 Å². The summed E-state index contributed by atoms with van der Waals surface area (Å²) in [7, 11) is 0. The zero-order valence-electron chi connectivity index (χ0n) is 8.85. The summed E-state index contributed by atoms with van der Waals surface area (Å²) in [5, 5.41) is 0. The molecule has 0 aromatic rings. The molecule has 0 spiro atoms. The summed E-state index contributed by atoms with van der Waals surface area (Å²) in [4.78, 5) is 22.7. The Bertz CT molecular complexity index is 198. The number of Topliss-reactive ketones (excluding diaryl/α,β-unsaturated/α-hetero) is 1. The molecule has 0 aliphatic carbocycles. The first kappa shape index (κ1) is 12.1. The molecule has 0 saturated heterocycles. The second kappa shape index (κ2) is 5.00. The highest BCUT2D eigenvalue weighted by atomic mass is 16.5. The molecule has 0 fully saturated rings. The molecule has 0 aliphatic rings. The number of carbonyl (C=O) groups is 2. The van der Waals surface area contributed by atoms with Crippen LogP contribution in [0.4, 0.5) is 0 Å². The maximum atomic E-state index is 11.5. The van der Waals surface area contributed by atoms with Crippen molar-refractivity contribution in [2.45, 2.75) is 40.5 Å². The van der Waals surface area contributed by atoms with Crippen molar-refractivity contribution in [3.63, 3.8) is 0 Å². The van der Waals surface area contributed by atoms with Gasteiger partial charge in [0.1, 0.15) is 11.2 Å². The highest BCUT2D eigenvalue weighted by Crippen LogP contribution is 2.26. The van der Waals surface area contributed by atoms with Gasteiger partial charge in [0.05, 0.1) is 6.61 Å². The van der Waals surface area contributed by atoms with Gasteiger partial charge in [-0.3, -0.25) is 9.59 Å². The topological polar surface area (TPSA) is 43.4 Å². The molecule has 1 atom stereocenters. The molecule has 0 aliphatic heterocycles. The number of ketones is 1. The Morgan fingerprint density at radius 3 is 2.15 bits per heavy atom. The lowest BCUT2D eigenvalue weighted by Crippen LogP contribution is -2.36. The minimum Gasteiger partial charge on any atom is -0.465 e. The van der Waals surface area contributed by atoms with E-state index in [0.29, 0.717) is 13.0 Å². The fourth-order valence-corrected chi connectivity index (χ4v) is 1.21. The third-order valence-corrected chi connectivity index (χ3v) is 2.25. The average molecular weight is 186 g/mol. The number of ether oxygens (including phenoxy) is 1. The van der Waals surface area contributed by atoms with Gasteiger partial charge >= 0.3 is 5.97 Å². The van der Waals surface area contributed by atoms with Crippen molar-refractivity contribution in [3.05, 3.63) is 0 Å². The number of esters is 1. The molecule has 0 saturated carbocycles. The third kappa shape index (κ3) is 2.83. The molecule has 0 amide bonds. The van der Waals surface area contributed by atoms with E-state index in [1.165, 1.54) is 6.92 Å². The smallest absolute Gasteiger partial charge is 0.319 e. The molecule has 0 N–H and O–H groups in total. The summed E-state index contributed by atoms with van der Waals surface area (Å²) >= 11 is 0. The van der Waals surface area contributed by atoms with Gasteiger partial charge in [0.2, 0.25) is 0 Å². The van der Waals surface area contributed by atoms with Gasteiger partial charge < -0.3 is 4.74 Å². The van der Waals surface area contributed by atoms with Crippen LogP contribution in [0.1, 0.15) is 40.5 Å². The highest BCUT2D eigenvalue weighted by Gasteiger charge is 2.38. The Morgan fingerprint density at radius 1 is 1.31 bits per heavy atom. The average Bonchev–Trinajstić information content (AvgIpc) is 2.04. The zero-order chi connectivity index (χ0) is 10.5. The van der Waals surface area contributed by atoms with Crippen molar-refractivity contribution < 1.29 is 14.3 Å². The summed E-state index contributed by atoms with van der Waals surface area (Å²) in [6.45, 7) is 7.10. The van der Waals surface area contributed by atoms with Crippen LogP contribution in [0.3, 0.4) is 0 Å².